The van der Waals surface area contributed by atoms with Crippen LogP contribution >= 0.6 is 0 Å². The summed E-state index contributed by atoms with van der Waals surface area (Å²) in [5.41, 5.74) is 2.54. The molecule has 3 aromatic heterocycles. The van der Waals surface area contributed by atoms with Crippen LogP contribution in [0.4, 0.5) is 16.3 Å². The number of hydrogen-bond acceptors (Lipinski definition) is 7. The number of amides is 1. The van der Waals surface area contributed by atoms with E-state index in [-0.39, 0.29) is 11.7 Å². The fraction of sp³-hybridized carbons (Fsp3) is 0.310. The summed E-state index contributed by atoms with van der Waals surface area (Å²) in [5.74, 6) is 0.793. The fourth-order valence-electron chi connectivity index (χ4n) is 3.78. The Balaban J connectivity index is 0.000000197. The maximum atomic E-state index is 11.6. The first-order valence-corrected chi connectivity index (χ1v) is 12.4. The van der Waals surface area contributed by atoms with Crippen molar-refractivity contribution in [2.75, 3.05) is 38.5 Å². The minimum absolute atomic E-state index is 0.189. The number of benzene rings is 1. The number of piperazine rings is 1. The number of aromatic nitrogens is 3. The van der Waals surface area contributed by atoms with E-state index >= 15 is 0 Å². The molecule has 4 heterocycles. The van der Waals surface area contributed by atoms with Crippen LogP contribution in [0, 0.1) is 0 Å². The number of pyridine rings is 3. The molecule has 5 rings (SSSR count). The van der Waals surface area contributed by atoms with Crippen molar-refractivity contribution in [3.63, 3.8) is 0 Å². The average Bonchev–Trinajstić information content (AvgIpc) is 2.89. The number of hydrogen-bond donors (Lipinski definition) is 1. The second-order valence-electron chi connectivity index (χ2n) is 9.98. The molecule has 0 unspecified atom stereocenters. The first-order valence-electron chi connectivity index (χ1n) is 12.4. The van der Waals surface area contributed by atoms with Crippen LogP contribution in [0.15, 0.2) is 79.4 Å². The van der Waals surface area contributed by atoms with E-state index in [4.69, 9.17) is 4.74 Å². The van der Waals surface area contributed by atoms with Gasteiger partial charge in [-0.3, -0.25) is 9.97 Å². The van der Waals surface area contributed by atoms with Crippen molar-refractivity contribution < 1.29 is 9.53 Å². The highest BCUT2D eigenvalue weighted by molar-refractivity contribution is 5.84. The Morgan fingerprint density at radius 2 is 1.65 bits per heavy atom. The number of nitrogens with one attached hydrogen (secondary N) is 1. The van der Waals surface area contributed by atoms with Crippen molar-refractivity contribution in [3.8, 4) is 11.3 Å². The van der Waals surface area contributed by atoms with E-state index in [0.717, 1.165) is 59.7 Å². The van der Waals surface area contributed by atoms with Gasteiger partial charge in [-0.25, -0.2) is 9.78 Å². The maximum absolute atomic E-state index is 11.6. The van der Waals surface area contributed by atoms with E-state index in [1.807, 2.05) is 87.8 Å². The molecule has 0 radical (unpaired) electrons. The van der Waals surface area contributed by atoms with Crippen LogP contribution in [0.25, 0.3) is 22.0 Å². The van der Waals surface area contributed by atoms with E-state index in [0.29, 0.717) is 0 Å². The van der Waals surface area contributed by atoms with E-state index in [1.165, 1.54) is 0 Å². The zero-order valence-electron chi connectivity index (χ0n) is 21.9. The second kappa shape index (κ2) is 11.8. The van der Waals surface area contributed by atoms with Gasteiger partial charge in [0.25, 0.3) is 0 Å². The minimum Gasteiger partial charge on any atom is -0.444 e. The molecule has 0 saturated carbocycles. The maximum Gasteiger partial charge on any atom is 0.410 e. The average molecular weight is 499 g/mol. The van der Waals surface area contributed by atoms with Gasteiger partial charge in [0.05, 0.1) is 5.69 Å². The Labute approximate surface area is 218 Å². The third kappa shape index (κ3) is 7.72. The molecule has 8 nitrogen and oxygen atoms in total. The molecular formula is C29H34N6O2. The third-order valence-electron chi connectivity index (χ3n) is 5.78. The topological polar surface area (TPSA) is 83.5 Å². The number of ether oxygens (including phenoxy) is 1. The lowest BCUT2D eigenvalue weighted by atomic mass is 10.1. The molecule has 192 valence electrons. The first-order chi connectivity index (χ1) is 17.8. The van der Waals surface area contributed by atoms with Crippen molar-refractivity contribution >= 4 is 28.4 Å². The highest BCUT2D eigenvalue weighted by atomic mass is 16.6. The van der Waals surface area contributed by atoms with Crippen molar-refractivity contribution in [2.45, 2.75) is 26.4 Å². The van der Waals surface area contributed by atoms with Gasteiger partial charge in [-0.2, -0.15) is 0 Å². The summed E-state index contributed by atoms with van der Waals surface area (Å²) in [6.07, 6.45) is 7.10. The van der Waals surface area contributed by atoms with Gasteiger partial charge in [-0.15, -0.1) is 0 Å². The number of likely N-dealkylation sites (N-methyl/N-ethyl adjacent to an activating group) is 1. The van der Waals surface area contributed by atoms with Gasteiger partial charge in [0.15, 0.2) is 0 Å². The molecule has 1 fully saturated rings. The van der Waals surface area contributed by atoms with E-state index in [1.54, 1.807) is 17.3 Å². The fourth-order valence-corrected chi connectivity index (χ4v) is 3.78. The number of fused-ring (bicyclic) bond motifs is 1. The Kier molecular flexibility index (Phi) is 8.30. The molecular weight excluding hydrogens is 464 g/mol. The Hall–Kier alpha value is -4.04. The van der Waals surface area contributed by atoms with E-state index in [9.17, 15) is 4.79 Å². The molecule has 0 spiro atoms. The molecule has 4 aromatic rings. The molecule has 8 heteroatoms. The highest BCUT2D eigenvalue weighted by Crippen LogP contribution is 2.24. The summed E-state index contributed by atoms with van der Waals surface area (Å²) in [6.45, 7) is 9.07. The summed E-state index contributed by atoms with van der Waals surface area (Å²) in [6, 6.07) is 17.9. The predicted octanol–water partition coefficient (Wildman–Crippen LogP) is 5.60. The number of carbonyl (C=O) groups is 1. The molecule has 0 aliphatic carbocycles. The molecule has 1 amide bonds. The standard InChI is InChI=1S/C19H14N4.C10H20N2O2/c1-2-4-17(5-3-1)23-19-11-14(7-9-21-19)18-10-16-12-20-8-6-15(16)13-22-18;1-10(2,3)14-9(13)12-7-5-11(4)6-8-12/h1-13H,(H,21,23);5-8H2,1-4H3. The van der Waals surface area contributed by atoms with E-state index in [2.05, 4.69) is 32.2 Å². The Morgan fingerprint density at radius 3 is 2.38 bits per heavy atom. The normalized spacial score (nSPS) is 14.0. The van der Waals surface area contributed by atoms with Gasteiger partial charge in [-0.1, -0.05) is 18.2 Å². The van der Waals surface area contributed by atoms with Crippen molar-refractivity contribution in [2.24, 2.45) is 0 Å². The molecule has 0 atom stereocenters. The van der Waals surface area contributed by atoms with Crippen LogP contribution in [-0.4, -0.2) is 69.7 Å². The van der Waals surface area contributed by atoms with Crippen molar-refractivity contribution in [3.05, 3.63) is 79.4 Å². The molecule has 1 aliphatic rings. The second-order valence-corrected chi connectivity index (χ2v) is 9.98. The quantitative estimate of drug-likeness (QED) is 0.393. The molecule has 0 bridgehead atoms. The highest BCUT2D eigenvalue weighted by Gasteiger charge is 2.24. The van der Waals surface area contributed by atoms with Gasteiger partial charge in [0, 0.05) is 73.0 Å². The summed E-state index contributed by atoms with van der Waals surface area (Å²) in [5, 5.41) is 5.46. The summed E-state index contributed by atoms with van der Waals surface area (Å²) < 4.78 is 5.28. The van der Waals surface area contributed by atoms with Crippen LogP contribution in [0.3, 0.4) is 0 Å². The monoisotopic (exact) mass is 498 g/mol. The van der Waals surface area contributed by atoms with E-state index < -0.39 is 0 Å². The van der Waals surface area contributed by atoms with Crippen LogP contribution < -0.4 is 5.32 Å². The van der Waals surface area contributed by atoms with Crippen LogP contribution in [0.5, 0.6) is 0 Å². The first kappa shape index (κ1) is 26.0. The number of para-hydroxylation sites is 1. The predicted molar refractivity (Wildman–Crippen MR) is 148 cm³/mol. The van der Waals surface area contributed by atoms with Gasteiger partial charge in [0.2, 0.25) is 0 Å². The number of carbonyl (C=O) groups excluding carboxylic acids is 1. The molecule has 1 saturated heterocycles. The lowest BCUT2D eigenvalue weighted by Gasteiger charge is -2.33. The summed E-state index contributed by atoms with van der Waals surface area (Å²) >= 11 is 0. The lowest BCUT2D eigenvalue weighted by molar-refractivity contribution is 0.0164. The SMILES string of the molecule is CN1CCN(C(=O)OC(C)(C)C)CC1.c1ccc(Nc2cc(-c3cc4cnccc4cn3)ccn2)cc1. The zero-order valence-corrected chi connectivity index (χ0v) is 21.9. The molecule has 1 aromatic carbocycles. The van der Waals surface area contributed by atoms with Gasteiger partial charge >= 0.3 is 6.09 Å². The van der Waals surface area contributed by atoms with Gasteiger partial charge < -0.3 is 19.9 Å². The lowest BCUT2D eigenvalue weighted by Crippen LogP contribution is -2.48. The third-order valence-corrected chi connectivity index (χ3v) is 5.78. The summed E-state index contributed by atoms with van der Waals surface area (Å²) in [7, 11) is 2.06. The van der Waals surface area contributed by atoms with Gasteiger partial charge in [-0.05, 0) is 64.2 Å². The molecule has 37 heavy (non-hydrogen) atoms. The van der Waals surface area contributed by atoms with Crippen LogP contribution in [0.1, 0.15) is 20.8 Å². The smallest absolute Gasteiger partial charge is 0.410 e. The van der Waals surface area contributed by atoms with Crippen molar-refractivity contribution in [1.29, 1.82) is 0 Å². The van der Waals surface area contributed by atoms with Crippen molar-refractivity contribution in [1.82, 2.24) is 24.8 Å². The molecule has 1 aliphatic heterocycles. The Morgan fingerprint density at radius 1 is 0.892 bits per heavy atom. The number of nitrogens with zero attached hydrogens (tertiary/aromatic N) is 5. The zero-order chi connectivity index (χ0) is 26.3. The molecule has 1 N–H and O–H groups in total. The number of rotatable bonds is 3. The van der Waals surface area contributed by atoms with Gasteiger partial charge in [0.1, 0.15) is 11.4 Å². The number of anilines is 2. The minimum atomic E-state index is -0.388. The van der Waals surface area contributed by atoms with Crippen LogP contribution in [-0.2, 0) is 4.74 Å². The van der Waals surface area contributed by atoms with Crippen LogP contribution in [0.2, 0.25) is 0 Å². The Bertz CT molecular complexity index is 1310. The summed E-state index contributed by atoms with van der Waals surface area (Å²) in [4.78, 5) is 28.7. The largest absolute Gasteiger partial charge is 0.444 e.